The van der Waals surface area contributed by atoms with Crippen LogP contribution in [0.1, 0.15) is 25.3 Å². The molecular weight excluding hydrogens is 212 g/mol. The number of carbonyl (C=O) groups is 1. The molecule has 0 saturated heterocycles. The van der Waals surface area contributed by atoms with Gasteiger partial charge in [0.1, 0.15) is 5.75 Å². The van der Waals surface area contributed by atoms with E-state index in [4.69, 9.17) is 0 Å². The summed E-state index contributed by atoms with van der Waals surface area (Å²) in [5, 5.41) is 9.21. The lowest BCUT2D eigenvalue weighted by Crippen LogP contribution is -2.02. The Morgan fingerprint density at radius 2 is 1.88 bits per heavy atom. The highest BCUT2D eigenvalue weighted by Gasteiger charge is 2.09. The third-order valence-corrected chi connectivity index (χ3v) is 3.06. The van der Waals surface area contributed by atoms with Crippen LogP contribution in [0.5, 0.6) is 5.75 Å². The molecule has 0 atom stereocenters. The Labute approximate surface area is 101 Å². The normalized spacial score (nSPS) is 18.3. The average Bonchev–Trinajstić information content (AvgIpc) is 2.33. The predicted molar refractivity (Wildman–Crippen MR) is 67.9 cm³/mol. The first kappa shape index (κ1) is 11.6. The van der Waals surface area contributed by atoms with Gasteiger partial charge >= 0.3 is 0 Å². The summed E-state index contributed by atoms with van der Waals surface area (Å²) >= 11 is 0. The Kier molecular flexibility index (Phi) is 3.43. The predicted octanol–water partition coefficient (Wildman–Crippen LogP) is 3.17. The van der Waals surface area contributed by atoms with Crippen molar-refractivity contribution in [1.29, 1.82) is 0 Å². The average molecular weight is 228 g/mol. The summed E-state index contributed by atoms with van der Waals surface area (Å²) < 4.78 is 0. The van der Waals surface area contributed by atoms with Crippen LogP contribution in [-0.2, 0) is 11.2 Å². The van der Waals surface area contributed by atoms with Crippen LogP contribution in [-0.4, -0.2) is 10.9 Å². The van der Waals surface area contributed by atoms with Crippen LogP contribution >= 0.6 is 0 Å². The minimum atomic E-state index is 0.214. The highest BCUT2D eigenvalue weighted by atomic mass is 16.3. The van der Waals surface area contributed by atoms with Crippen molar-refractivity contribution in [3.63, 3.8) is 0 Å². The Balaban J connectivity index is 2.13. The van der Waals surface area contributed by atoms with E-state index in [0.717, 1.165) is 12.8 Å². The second-order valence-corrected chi connectivity index (χ2v) is 4.45. The van der Waals surface area contributed by atoms with Gasteiger partial charge in [0.15, 0.2) is 5.78 Å². The first-order valence-corrected chi connectivity index (χ1v) is 5.82. The van der Waals surface area contributed by atoms with Crippen LogP contribution in [0.25, 0.3) is 0 Å². The molecule has 0 heterocycles. The summed E-state index contributed by atoms with van der Waals surface area (Å²) in [6, 6.07) is 7.26. The second kappa shape index (κ2) is 5.00. The molecule has 0 spiro atoms. The zero-order valence-corrected chi connectivity index (χ0v) is 9.94. The van der Waals surface area contributed by atoms with Crippen molar-refractivity contribution in [2.24, 2.45) is 0 Å². The quantitative estimate of drug-likeness (QED) is 0.844. The van der Waals surface area contributed by atoms with Gasteiger partial charge in [-0.3, -0.25) is 4.79 Å². The van der Waals surface area contributed by atoms with Crippen LogP contribution in [0, 0.1) is 0 Å². The van der Waals surface area contributed by atoms with E-state index in [9.17, 15) is 9.90 Å². The fourth-order valence-corrected chi connectivity index (χ4v) is 2.01. The number of carbonyl (C=O) groups excluding carboxylic acids is 1. The van der Waals surface area contributed by atoms with Gasteiger partial charge in [-0.15, -0.1) is 0 Å². The van der Waals surface area contributed by atoms with Gasteiger partial charge in [0, 0.05) is 6.42 Å². The molecule has 0 saturated carbocycles. The lowest BCUT2D eigenvalue weighted by atomic mass is 9.94. The molecule has 0 aromatic heterocycles. The Hall–Kier alpha value is -1.83. The van der Waals surface area contributed by atoms with Crippen LogP contribution in [0.15, 0.2) is 47.6 Å². The largest absolute Gasteiger partial charge is 0.508 e. The molecule has 2 rings (SSSR count). The lowest BCUT2D eigenvalue weighted by molar-refractivity contribution is -0.114. The van der Waals surface area contributed by atoms with Crippen molar-refractivity contribution < 1.29 is 9.90 Å². The molecule has 1 aromatic carbocycles. The summed E-state index contributed by atoms with van der Waals surface area (Å²) in [5.41, 5.74) is 3.73. The van der Waals surface area contributed by atoms with Crippen molar-refractivity contribution in [3.8, 4) is 5.75 Å². The minimum absolute atomic E-state index is 0.214. The van der Waals surface area contributed by atoms with Crippen LogP contribution < -0.4 is 0 Å². The van der Waals surface area contributed by atoms with E-state index in [0.29, 0.717) is 12.2 Å². The van der Waals surface area contributed by atoms with Crippen molar-refractivity contribution in [2.75, 3.05) is 0 Å². The number of ketones is 1. The summed E-state index contributed by atoms with van der Waals surface area (Å²) in [6.45, 7) is 2.10. The zero-order valence-electron chi connectivity index (χ0n) is 9.94. The number of phenols is 1. The van der Waals surface area contributed by atoms with Gasteiger partial charge < -0.3 is 5.11 Å². The van der Waals surface area contributed by atoms with Crippen molar-refractivity contribution >= 4 is 5.78 Å². The van der Waals surface area contributed by atoms with Crippen molar-refractivity contribution in [2.45, 2.75) is 26.2 Å². The van der Waals surface area contributed by atoms with Crippen LogP contribution in [0.3, 0.4) is 0 Å². The van der Waals surface area contributed by atoms with Crippen molar-refractivity contribution in [1.82, 2.24) is 0 Å². The van der Waals surface area contributed by atoms with E-state index < -0.39 is 0 Å². The third-order valence-electron chi connectivity index (χ3n) is 3.06. The van der Waals surface area contributed by atoms with Gasteiger partial charge in [0.05, 0.1) is 0 Å². The summed E-state index contributed by atoms with van der Waals surface area (Å²) in [7, 11) is 0. The highest BCUT2D eigenvalue weighted by molar-refractivity contribution is 5.91. The molecule has 2 heteroatoms. The standard InChI is InChI=1S/C15H16O2/c1-11(13-4-8-15(17)9-5-13)10-12-2-6-14(16)7-3-12/h2-4,6-8,16H,5,9-10H2,1H3. The molecule has 0 amide bonds. The maximum absolute atomic E-state index is 11.1. The Morgan fingerprint density at radius 1 is 1.18 bits per heavy atom. The van der Waals surface area contributed by atoms with Gasteiger partial charge in [0.25, 0.3) is 0 Å². The number of rotatable bonds is 2. The van der Waals surface area contributed by atoms with E-state index in [-0.39, 0.29) is 5.78 Å². The topological polar surface area (TPSA) is 37.3 Å². The monoisotopic (exact) mass is 228 g/mol. The van der Waals surface area contributed by atoms with E-state index in [2.05, 4.69) is 6.92 Å². The van der Waals surface area contributed by atoms with E-state index in [1.807, 2.05) is 18.2 Å². The summed E-state index contributed by atoms with van der Waals surface area (Å²) in [4.78, 5) is 11.1. The van der Waals surface area contributed by atoms with Crippen LogP contribution in [0.2, 0.25) is 0 Å². The Bertz CT molecular complexity index is 478. The SMILES string of the molecule is CC(Cc1ccc(O)cc1)=C1C=CC(=O)CC1. The molecule has 0 aliphatic heterocycles. The third kappa shape index (κ3) is 3.06. The zero-order chi connectivity index (χ0) is 12.3. The van der Waals surface area contributed by atoms with Crippen LogP contribution in [0.4, 0.5) is 0 Å². The van der Waals surface area contributed by atoms with E-state index >= 15 is 0 Å². The fraction of sp³-hybridized carbons (Fsp3) is 0.267. The molecule has 0 radical (unpaired) electrons. The van der Waals surface area contributed by atoms with Gasteiger partial charge in [0.2, 0.25) is 0 Å². The smallest absolute Gasteiger partial charge is 0.156 e. The number of aromatic hydroxyl groups is 1. The molecular formula is C15H16O2. The van der Waals surface area contributed by atoms with E-state index in [1.165, 1.54) is 16.7 Å². The van der Waals surface area contributed by atoms with Crippen molar-refractivity contribution in [3.05, 3.63) is 53.1 Å². The molecule has 2 nitrogen and oxygen atoms in total. The molecule has 88 valence electrons. The molecule has 1 aliphatic carbocycles. The molecule has 1 aromatic rings. The molecule has 0 unspecified atom stereocenters. The summed E-state index contributed by atoms with van der Waals surface area (Å²) in [6.07, 6.45) is 5.94. The first-order valence-electron chi connectivity index (χ1n) is 5.82. The first-order chi connectivity index (χ1) is 8.15. The lowest BCUT2D eigenvalue weighted by Gasteiger charge is -2.11. The molecule has 1 aliphatic rings. The second-order valence-electron chi connectivity index (χ2n) is 4.45. The maximum atomic E-state index is 11.1. The number of benzene rings is 1. The number of phenolic OH excluding ortho intramolecular Hbond substituents is 1. The molecule has 0 bridgehead atoms. The van der Waals surface area contributed by atoms with Gasteiger partial charge in [-0.05, 0) is 49.1 Å². The minimum Gasteiger partial charge on any atom is -0.508 e. The number of hydrogen-bond acceptors (Lipinski definition) is 2. The molecule has 1 N–H and O–H groups in total. The van der Waals surface area contributed by atoms with Gasteiger partial charge in [-0.2, -0.15) is 0 Å². The highest BCUT2D eigenvalue weighted by Crippen LogP contribution is 2.21. The molecule has 17 heavy (non-hydrogen) atoms. The molecule has 0 fully saturated rings. The maximum Gasteiger partial charge on any atom is 0.156 e. The number of hydrogen-bond donors (Lipinski definition) is 1. The summed E-state index contributed by atoms with van der Waals surface area (Å²) in [5.74, 6) is 0.508. The van der Waals surface area contributed by atoms with Gasteiger partial charge in [-0.1, -0.05) is 23.8 Å². The Morgan fingerprint density at radius 3 is 2.47 bits per heavy atom. The van der Waals surface area contributed by atoms with Gasteiger partial charge in [-0.25, -0.2) is 0 Å². The van der Waals surface area contributed by atoms with E-state index in [1.54, 1.807) is 18.2 Å². The number of allylic oxidation sites excluding steroid dienone is 4. The fourth-order valence-electron chi connectivity index (χ4n) is 2.01.